The van der Waals surface area contributed by atoms with Gasteiger partial charge in [-0.3, -0.25) is 0 Å². The molecule has 2 aliphatic carbocycles. The van der Waals surface area contributed by atoms with E-state index in [1.54, 1.807) is 0 Å². The minimum Gasteiger partial charge on any atom is -0.396 e. The van der Waals surface area contributed by atoms with E-state index in [1.807, 2.05) is 0 Å². The van der Waals surface area contributed by atoms with Crippen LogP contribution >= 0.6 is 0 Å². The normalized spacial score (nSPS) is 40.1. The van der Waals surface area contributed by atoms with E-state index in [9.17, 15) is 5.11 Å². The van der Waals surface area contributed by atoms with Gasteiger partial charge in [-0.25, -0.2) is 0 Å². The zero-order valence-electron chi connectivity index (χ0n) is 10.6. The smallest absolute Gasteiger partial charge is 0.0462 e. The van der Waals surface area contributed by atoms with Gasteiger partial charge in [-0.15, -0.1) is 0 Å². The van der Waals surface area contributed by atoms with Crippen molar-refractivity contribution in [3.05, 3.63) is 0 Å². The second-order valence-corrected chi connectivity index (χ2v) is 5.91. The second-order valence-electron chi connectivity index (χ2n) is 5.91. The molecule has 0 aromatic heterocycles. The average Bonchev–Trinajstić information content (AvgIpc) is 2.72. The van der Waals surface area contributed by atoms with Gasteiger partial charge in [0.1, 0.15) is 0 Å². The van der Waals surface area contributed by atoms with Crippen LogP contribution in [0, 0.1) is 17.8 Å². The molecule has 0 amide bonds. The molecular formula is C14H27NO. The molecule has 0 aromatic carbocycles. The first-order chi connectivity index (χ1) is 7.81. The van der Waals surface area contributed by atoms with Gasteiger partial charge in [0.15, 0.2) is 0 Å². The van der Waals surface area contributed by atoms with E-state index in [1.165, 1.54) is 44.9 Å². The number of hydrogen-bond donors (Lipinski definition) is 2. The van der Waals surface area contributed by atoms with E-state index in [0.29, 0.717) is 12.5 Å². The molecule has 0 spiro atoms. The Morgan fingerprint density at radius 1 is 1.00 bits per heavy atom. The van der Waals surface area contributed by atoms with Crippen molar-refractivity contribution < 1.29 is 5.11 Å². The monoisotopic (exact) mass is 225 g/mol. The summed E-state index contributed by atoms with van der Waals surface area (Å²) in [5, 5.41) is 13.1. The quantitative estimate of drug-likeness (QED) is 0.770. The molecule has 2 fully saturated rings. The van der Waals surface area contributed by atoms with Gasteiger partial charge < -0.3 is 10.4 Å². The van der Waals surface area contributed by atoms with Gasteiger partial charge >= 0.3 is 0 Å². The van der Waals surface area contributed by atoms with Crippen molar-refractivity contribution in [2.24, 2.45) is 17.8 Å². The number of rotatable bonds is 4. The van der Waals surface area contributed by atoms with Crippen LogP contribution in [0.5, 0.6) is 0 Å². The zero-order valence-corrected chi connectivity index (χ0v) is 10.6. The lowest BCUT2D eigenvalue weighted by molar-refractivity contribution is 0.130. The van der Waals surface area contributed by atoms with E-state index in [-0.39, 0.29) is 0 Å². The van der Waals surface area contributed by atoms with Crippen LogP contribution in [0.15, 0.2) is 0 Å². The van der Waals surface area contributed by atoms with E-state index in [4.69, 9.17) is 0 Å². The average molecular weight is 225 g/mol. The highest BCUT2D eigenvalue weighted by Gasteiger charge is 2.27. The van der Waals surface area contributed by atoms with Crippen molar-refractivity contribution in [2.45, 2.75) is 57.9 Å². The highest BCUT2D eigenvalue weighted by Crippen LogP contribution is 2.30. The molecule has 2 heteroatoms. The van der Waals surface area contributed by atoms with Crippen LogP contribution in [-0.2, 0) is 0 Å². The third-order valence-electron chi connectivity index (χ3n) is 4.80. The van der Waals surface area contributed by atoms with E-state index < -0.39 is 0 Å². The molecule has 4 atom stereocenters. The molecule has 0 bridgehead atoms. The van der Waals surface area contributed by atoms with Gasteiger partial charge in [0.25, 0.3) is 0 Å². The molecule has 0 radical (unpaired) electrons. The number of aliphatic hydroxyl groups excluding tert-OH is 1. The van der Waals surface area contributed by atoms with E-state index in [0.717, 1.165) is 24.4 Å². The SMILES string of the molecule is CC1CCCC1NCC1CCCCC1CO. The van der Waals surface area contributed by atoms with E-state index >= 15 is 0 Å². The summed E-state index contributed by atoms with van der Waals surface area (Å²) >= 11 is 0. The Kier molecular flexibility index (Phi) is 4.66. The first kappa shape index (κ1) is 12.4. The molecule has 0 aliphatic heterocycles. The van der Waals surface area contributed by atoms with Gasteiger partial charge in [0, 0.05) is 12.6 Å². The molecular weight excluding hydrogens is 198 g/mol. The lowest BCUT2D eigenvalue weighted by Gasteiger charge is -2.32. The third-order valence-corrected chi connectivity index (χ3v) is 4.80. The lowest BCUT2D eigenvalue weighted by atomic mass is 9.79. The Morgan fingerprint density at radius 3 is 2.38 bits per heavy atom. The molecule has 2 nitrogen and oxygen atoms in total. The van der Waals surface area contributed by atoms with Gasteiger partial charge in [-0.2, -0.15) is 0 Å². The minimum absolute atomic E-state index is 0.395. The number of nitrogens with one attached hydrogen (secondary N) is 1. The standard InChI is InChI=1S/C14H27NO/c1-11-5-4-8-14(11)15-9-12-6-2-3-7-13(12)10-16/h11-16H,2-10H2,1H3. The minimum atomic E-state index is 0.395. The van der Waals surface area contributed by atoms with Gasteiger partial charge in [-0.1, -0.05) is 26.2 Å². The van der Waals surface area contributed by atoms with Crippen molar-refractivity contribution in [2.75, 3.05) is 13.2 Å². The maximum atomic E-state index is 9.38. The fourth-order valence-electron chi connectivity index (χ4n) is 3.54. The molecule has 4 unspecified atom stereocenters. The van der Waals surface area contributed by atoms with Gasteiger partial charge in [0.05, 0.1) is 0 Å². The molecule has 0 heterocycles. The predicted molar refractivity (Wildman–Crippen MR) is 67.3 cm³/mol. The Morgan fingerprint density at radius 2 is 1.75 bits per heavy atom. The van der Waals surface area contributed by atoms with Crippen molar-refractivity contribution in [1.82, 2.24) is 5.32 Å². The van der Waals surface area contributed by atoms with Crippen LogP contribution in [-0.4, -0.2) is 24.3 Å². The molecule has 0 saturated heterocycles. The highest BCUT2D eigenvalue weighted by molar-refractivity contribution is 4.83. The summed E-state index contributed by atoms with van der Waals surface area (Å²) in [7, 11) is 0. The van der Waals surface area contributed by atoms with Crippen molar-refractivity contribution in [1.29, 1.82) is 0 Å². The Bertz CT molecular complexity index is 207. The first-order valence-electron chi connectivity index (χ1n) is 7.15. The summed E-state index contributed by atoms with van der Waals surface area (Å²) in [5.41, 5.74) is 0. The lowest BCUT2D eigenvalue weighted by Crippen LogP contribution is -2.38. The molecule has 2 saturated carbocycles. The Balaban J connectivity index is 1.75. The first-order valence-corrected chi connectivity index (χ1v) is 7.15. The summed E-state index contributed by atoms with van der Waals surface area (Å²) in [6.45, 7) is 3.90. The van der Waals surface area contributed by atoms with Crippen LogP contribution in [0.2, 0.25) is 0 Å². The van der Waals surface area contributed by atoms with Crippen LogP contribution in [0.1, 0.15) is 51.9 Å². The van der Waals surface area contributed by atoms with Crippen molar-refractivity contribution >= 4 is 0 Å². The fourth-order valence-corrected chi connectivity index (χ4v) is 3.54. The second kappa shape index (κ2) is 6.02. The van der Waals surface area contributed by atoms with Crippen molar-refractivity contribution in [3.8, 4) is 0 Å². The molecule has 94 valence electrons. The predicted octanol–water partition coefficient (Wildman–Crippen LogP) is 2.56. The van der Waals surface area contributed by atoms with Crippen molar-refractivity contribution in [3.63, 3.8) is 0 Å². The van der Waals surface area contributed by atoms with Crippen LogP contribution in [0.25, 0.3) is 0 Å². The number of hydrogen-bond acceptors (Lipinski definition) is 2. The molecule has 2 rings (SSSR count). The maximum Gasteiger partial charge on any atom is 0.0462 e. The zero-order chi connectivity index (χ0) is 11.4. The van der Waals surface area contributed by atoms with Crippen LogP contribution in [0.3, 0.4) is 0 Å². The largest absolute Gasteiger partial charge is 0.396 e. The summed E-state index contributed by atoms with van der Waals surface area (Å²) in [5.74, 6) is 2.15. The topological polar surface area (TPSA) is 32.3 Å². The summed E-state index contributed by atoms with van der Waals surface area (Å²) in [6, 6.07) is 0.751. The molecule has 2 aliphatic rings. The Labute approximate surface area is 99.8 Å². The molecule has 16 heavy (non-hydrogen) atoms. The summed E-state index contributed by atoms with van der Waals surface area (Å²) < 4.78 is 0. The van der Waals surface area contributed by atoms with Crippen LogP contribution < -0.4 is 5.32 Å². The van der Waals surface area contributed by atoms with Crippen LogP contribution in [0.4, 0.5) is 0 Å². The third kappa shape index (κ3) is 2.98. The molecule has 2 N–H and O–H groups in total. The maximum absolute atomic E-state index is 9.38. The summed E-state index contributed by atoms with van der Waals surface area (Å²) in [6.07, 6.45) is 9.39. The summed E-state index contributed by atoms with van der Waals surface area (Å²) in [4.78, 5) is 0. The number of aliphatic hydroxyl groups is 1. The molecule has 0 aromatic rings. The van der Waals surface area contributed by atoms with E-state index in [2.05, 4.69) is 12.2 Å². The highest BCUT2D eigenvalue weighted by atomic mass is 16.3. The van der Waals surface area contributed by atoms with Gasteiger partial charge in [0.2, 0.25) is 0 Å². The Hall–Kier alpha value is -0.0800. The fraction of sp³-hybridized carbons (Fsp3) is 1.00. The van der Waals surface area contributed by atoms with Gasteiger partial charge in [-0.05, 0) is 50.0 Å².